The minimum Gasteiger partial charge on any atom is -0.379 e. The molecule has 0 aliphatic carbocycles. The third-order valence-electron chi connectivity index (χ3n) is 1.86. The molecule has 80 valence electrons. The van der Waals surface area contributed by atoms with Crippen LogP contribution < -0.4 is 5.32 Å². The van der Waals surface area contributed by atoms with Crippen molar-refractivity contribution in [1.29, 1.82) is 0 Å². The monoisotopic (exact) mass is 187 g/mol. The van der Waals surface area contributed by atoms with E-state index in [1.807, 2.05) is 0 Å². The quantitative estimate of drug-likeness (QED) is 0.690. The highest BCUT2D eigenvalue weighted by Crippen LogP contribution is 2.10. The van der Waals surface area contributed by atoms with E-state index in [1.165, 1.54) is 0 Å². The van der Waals surface area contributed by atoms with Gasteiger partial charge in [0.05, 0.1) is 6.10 Å². The second-order valence-corrected chi connectivity index (χ2v) is 4.85. The first kappa shape index (κ1) is 12.9. The topological polar surface area (TPSA) is 21.3 Å². The normalized spacial score (nSPS) is 12.9. The average Bonchev–Trinajstić information content (AvgIpc) is 1.81. The van der Waals surface area contributed by atoms with Crippen LogP contribution in [0.3, 0.4) is 0 Å². The molecule has 0 aromatic carbocycles. The van der Waals surface area contributed by atoms with Crippen molar-refractivity contribution in [2.75, 3.05) is 6.61 Å². The van der Waals surface area contributed by atoms with Crippen LogP contribution in [0.1, 0.15) is 48.0 Å². The summed E-state index contributed by atoms with van der Waals surface area (Å²) in [7, 11) is 0. The van der Waals surface area contributed by atoms with Crippen molar-refractivity contribution >= 4 is 0 Å². The molecule has 2 heteroatoms. The second-order valence-electron chi connectivity index (χ2n) is 4.85. The third kappa shape index (κ3) is 8.26. The Morgan fingerprint density at radius 1 is 1.15 bits per heavy atom. The lowest BCUT2D eigenvalue weighted by Crippen LogP contribution is -2.44. The van der Waals surface area contributed by atoms with E-state index in [9.17, 15) is 0 Å². The van der Waals surface area contributed by atoms with E-state index in [4.69, 9.17) is 4.74 Å². The molecule has 0 aliphatic heterocycles. The van der Waals surface area contributed by atoms with E-state index in [1.54, 1.807) is 0 Å². The summed E-state index contributed by atoms with van der Waals surface area (Å²) >= 11 is 0. The summed E-state index contributed by atoms with van der Waals surface area (Å²) in [6.07, 6.45) is 1.40. The largest absolute Gasteiger partial charge is 0.379 e. The molecule has 0 heterocycles. The Morgan fingerprint density at radius 2 is 1.69 bits per heavy atom. The molecule has 0 aromatic heterocycles. The molecule has 0 amide bonds. The second kappa shape index (κ2) is 5.61. The van der Waals surface area contributed by atoms with Crippen molar-refractivity contribution in [3.63, 3.8) is 0 Å². The van der Waals surface area contributed by atoms with Crippen molar-refractivity contribution in [2.24, 2.45) is 0 Å². The van der Waals surface area contributed by atoms with Gasteiger partial charge in [-0.1, -0.05) is 13.8 Å². The third-order valence-corrected chi connectivity index (χ3v) is 1.86. The Bertz CT molecular complexity index is 130. The number of ether oxygens (including phenoxy) is 1. The van der Waals surface area contributed by atoms with Gasteiger partial charge in [-0.05, 0) is 34.1 Å². The molecule has 0 saturated carbocycles. The highest BCUT2D eigenvalue weighted by Gasteiger charge is 2.17. The Morgan fingerprint density at radius 3 is 2.08 bits per heavy atom. The summed E-state index contributed by atoms with van der Waals surface area (Å²) < 4.78 is 5.52. The van der Waals surface area contributed by atoms with Gasteiger partial charge in [0.15, 0.2) is 0 Å². The summed E-state index contributed by atoms with van der Waals surface area (Å²) in [4.78, 5) is 0. The first-order valence-electron chi connectivity index (χ1n) is 5.23. The molecule has 0 atom stereocenters. The maximum Gasteiger partial charge on any atom is 0.0518 e. The molecule has 0 rings (SSSR count). The molecule has 0 bridgehead atoms. The van der Waals surface area contributed by atoms with Gasteiger partial charge < -0.3 is 10.1 Å². The lowest BCUT2D eigenvalue weighted by molar-refractivity contribution is 0.0630. The minimum absolute atomic E-state index is 0.184. The minimum atomic E-state index is 0.184. The lowest BCUT2D eigenvalue weighted by atomic mass is 10.0. The van der Waals surface area contributed by atoms with Crippen LogP contribution in [0.25, 0.3) is 0 Å². The molecule has 0 fully saturated rings. The van der Waals surface area contributed by atoms with Gasteiger partial charge in [-0.3, -0.25) is 0 Å². The predicted molar refractivity (Wildman–Crippen MR) is 58.1 cm³/mol. The van der Waals surface area contributed by atoms with Crippen LogP contribution in [0.15, 0.2) is 0 Å². The van der Waals surface area contributed by atoms with Crippen molar-refractivity contribution in [3.8, 4) is 0 Å². The fraction of sp³-hybridized carbons (Fsp3) is 1.00. The maximum atomic E-state index is 5.52. The molecule has 0 aliphatic rings. The molecular formula is C11H25NO. The Labute approximate surface area is 83.1 Å². The van der Waals surface area contributed by atoms with Crippen molar-refractivity contribution in [3.05, 3.63) is 0 Å². The Kier molecular flexibility index (Phi) is 5.57. The maximum absolute atomic E-state index is 5.52. The van der Waals surface area contributed by atoms with E-state index in [0.717, 1.165) is 13.0 Å². The van der Waals surface area contributed by atoms with Gasteiger partial charge >= 0.3 is 0 Å². The van der Waals surface area contributed by atoms with Gasteiger partial charge in [-0.15, -0.1) is 0 Å². The van der Waals surface area contributed by atoms with Crippen LogP contribution in [0.5, 0.6) is 0 Å². The number of hydrogen-bond donors (Lipinski definition) is 1. The molecule has 0 radical (unpaired) electrons. The summed E-state index contributed by atoms with van der Waals surface area (Å²) in [6, 6.07) is 0.536. The van der Waals surface area contributed by atoms with E-state index in [0.29, 0.717) is 12.1 Å². The zero-order valence-corrected chi connectivity index (χ0v) is 9.98. The molecule has 0 unspecified atom stereocenters. The van der Waals surface area contributed by atoms with Crippen LogP contribution in [0, 0.1) is 0 Å². The van der Waals surface area contributed by atoms with Gasteiger partial charge in [0.1, 0.15) is 0 Å². The fourth-order valence-electron chi connectivity index (χ4n) is 1.40. The Hall–Kier alpha value is -0.0800. The standard InChI is InChI=1S/C11H25NO/c1-9(2)12-11(5,6)7-8-13-10(3)4/h9-10,12H,7-8H2,1-6H3. The predicted octanol–water partition coefficient (Wildman–Crippen LogP) is 2.58. The molecule has 1 N–H and O–H groups in total. The van der Waals surface area contributed by atoms with E-state index in [-0.39, 0.29) is 5.54 Å². The average molecular weight is 187 g/mol. The summed E-state index contributed by atoms with van der Waals surface area (Å²) in [5.74, 6) is 0. The highest BCUT2D eigenvalue weighted by molar-refractivity contribution is 4.78. The number of nitrogens with one attached hydrogen (secondary N) is 1. The highest BCUT2D eigenvalue weighted by atomic mass is 16.5. The van der Waals surface area contributed by atoms with E-state index >= 15 is 0 Å². The molecule has 2 nitrogen and oxygen atoms in total. The van der Waals surface area contributed by atoms with Crippen LogP contribution in [-0.4, -0.2) is 24.3 Å². The zero-order chi connectivity index (χ0) is 10.5. The van der Waals surface area contributed by atoms with Gasteiger partial charge in [0.2, 0.25) is 0 Å². The molecule has 0 spiro atoms. The smallest absolute Gasteiger partial charge is 0.0518 e. The van der Waals surface area contributed by atoms with Crippen LogP contribution in [0.4, 0.5) is 0 Å². The zero-order valence-electron chi connectivity index (χ0n) is 9.98. The van der Waals surface area contributed by atoms with E-state index < -0.39 is 0 Å². The summed E-state index contributed by atoms with van der Waals surface area (Å²) in [5.41, 5.74) is 0.184. The molecular weight excluding hydrogens is 162 g/mol. The molecule has 0 aromatic rings. The first-order valence-corrected chi connectivity index (χ1v) is 5.23. The van der Waals surface area contributed by atoms with Gasteiger partial charge in [0.25, 0.3) is 0 Å². The number of rotatable bonds is 6. The molecule has 0 saturated heterocycles. The molecule has 13 heavy (non-hydrogen) atoms. The van der Waals surface area contributed by atoms with Gasteiger partial charge in [-0.2, -0.15) is 0 Å². The van der Waals surface area contributed by atoms with E-state index in [2.05, 4.69) is 46.9 Å². The summed E-state index contributed by atoms with van der Waals surface area (Å²) in [6.45, 7) is 13.8. The Balaban J connectivity index is 3.62. The van der Waals surface area contributed by atoms with Crippen molar-refractivity contribution in [1.82, 2.24) is 5.32 Å². The van der Waals surface area contributed by atoms with Crippen molar-refractivity contribution in [2.45, 2.75) is 65.6 Å². The summed E-state index contributed by atoms with van der Waals surface area (Å²) in [5, 5.41) is 3.51. The SMILES string of the molecule is CC(C)NC(C)(C)CCOC(C)C. The van der Waals surface area contributed by atoms with Crippen LogP contribution in [-0.2, 0) is 4.74 Å². The van der Waals surface area contributed by atoms with Crippen molar-refractivity contribution < 1.29 is 4.74 Å². The first-order chi connectivity index (χ1) is 5.83. The van der Waals surface area contributed by atoms with Crippen LogP contribution >= 0.6 is 0 Å². The fourth-order valence-corrected chi connectivity index (χ4v) is 1.40. The van der Waals surface area contributed by atoms with Crippen LogP contribution in [0.2, 0.25) is 0 Å². The van der Waals surface area contributed by atoms with Gasteiger partial charge in [0, 0.05) is 18.2 Å². The lowest BCUT2D eigenvalue weighted by Gasteiger charge is -2.29. The number of hydrogen-bond acceptors (Lipinski definition) is 2. The van der Waals surface area contributed by atoms with Gasteiger partial charge in [-0.25, -0.2) is 0 Å².